The van der Waals surface area contributed by atoms with E-state index in [-0.39, 0.29) is 5.91 Å². The van der Waals surface area contributed by atoms with Crippen molar-refractivity contribution in [2.45, 2.75) is 45.3 Å². The van der Waals surface area contributed by atoms with Crippen LogP contribution in [0.25, 0.3) is 0 Å². The lowest BCUT2D eigenvalue weighted by atomic mass is 9.92. The van der Waals surface area contributed by atoms with Gasteiger partial charge in [-0.05, 0) is 51.8 Å². The van der Waals surface area contributed by atoms with E-state index in [1.54, 1.807) is 6.20 Å². The summed E-state index contributed by atoms with van der Waals surface area (Å²) in [6.07, 6.45) is 3.91. The fraction of sp³-hybridized carbons (Fsp3) is 0.647. The zero-order valence-electron chi connectivity index (χ0n) is 14.4. The van der Waals surface area contributed by atoms with Gasteiger partial charge in [0.1, 0.15) is 0 Å². The quantitative estimate of drug-likeness (QED) is 0.622. The predicted molar refractivity (Wildman–Crippen MR) is 91.5 cm³/mol. The Kier molecular flexibility index (Phi) is 6.95. The average Bonchev–Trinajstić information content (AvgIpc) is 2.83. The topological polar surface area (TPSA) is 69.3 Å². The number of rotatable bonds is 8. The van der Waals surface area contributed by atoms with Gasteiger partial charge in [-0.1, -0.05) is 6.07 Å². The van der Waals surface area contributed by atoms with Crippen molar-refractivity contribution in [3.63, 3.8) is 0 Å². The molecule has 1 amide bonds. The summed E-state index contributed by atoms with van der Waals surface area (Å²) in [5, 5.41) is 3.01. The van der Waals surface area contributed by atoms with Crippen LogP contribution in [0.3, 0.4) is 0 Å². The van der Waals surface area contributed by atoms with Crippen molar-refractivity contribution in [3.8, 4) is 0 Å². The summed E-state index contributed by atoms with van der Waals surface area (Å²) < 4.78 is 0. The minimum absolute atomic E-state index is 0.0761. The molecular formula is C17H29N5O. The van der Waals surface area contributed by atoms with Gasteiger partial charge in [-0.25, -0.2) is 0 Å². The fourth-order valence-electron chi connectivity index (χ4n) is 3.10. The fourth-order valence-corrected chi connectivity index (χ4v) is 3.10. The first-order chi connectivity index (χ1) is 11.1. The van der Waals surface area contributed by atoms with Gasteiger partial charge in [0.05, 0.1) is 12.2 Å². The zero-order valence-corrected chi connectivity index (χ0v) is 14.4. The normalized spacial score (nSPS) is 24.1. The smallest absolute Gasteiger partial charge is 0.234 e. The molecule has 0 spiro atoms. The Morgan fingerprint density at radius 2 is 2.04 bits per heavy atom. The Hall–Kier alpha value is -1.50. The van der Waals surface area contributed by atoms with Gasteiger partial charge in [-0.3, -0.25) is 25.5 Å². The summed E-state index contributed by atoms with van der Waals surface area (Å²) in [7, 11) is 1.94. The first-order valence-corrected chi connectivity index (χ1v) is 8.42. The van der Waals surface area contributed by atoms with Gasteiger partial charge in [0, 0.05) is 31.4 Å². The Bertz CT molecular complexity index is 471. The highest BCUT2D eigenvalue weighted by Crippen LogP contribution is 2.19. The third kappa shape index (κ3) is 5.89. The van der Waals surface area contributed by atoms with Gasteiger partial charge in [-0.15, -0.1) is 0 Å². The lowest BCUT2D eigenvalue weighted by Gasteiger charge is -2.18. The first kappa shape index (κ1) is 17.8. The monoisotopic (exact) mass is 319 g/mol. The van der Waals surface area contributed by atoms with E-state index in [9.17, 15) is 4.79 Å². The van der Waals surface area contributed by atoms with E-state index in [4.69, 9.17) is 0 Å². The summed E-state index contributed by atoms with van der Waals surface area (Å²) in [5.74, 6) is 0.700. The van der Waals surface area contributed by atoms with Crippen molar-refractivity contribution in [1.82, 2.24) is 26.1 Å². The number of hydrogen-bond donors (Lipinski definition) is 3. The van der Waals surface area contributed by atoms with Crippen LogP contribution in [0.5, 0.6) is 0 Å². The molecule has 1 aliphatic heterocycles. The van der Waals surface area contributed by atoms with E-state index in [0.29, 0.717) is 31.1 Å². The van der Waals surface area contributed by atoms with Crippen molar-refractivity contribution >= 4 is 5.91 Å². The van der Waals surface area contributed by atoms with Gasteiger partial charge in [0.2, 0.25) is 5.91 Å². The molecule has 0 aliphatic carbocycles. The zero-order chi connectivity index (χ0) is 16.7. The molecule has 1 saturated heterocycles. The van der Waals surface area contributed by atoms with Gasteiger partial charge < -0.3 is 5.32 Å². The van der Waals surface area contributed by atoms with E-state index in [0.717, 1.165) is 25.1 Å². The average molecular weight is 319 g/mol. The van der Waals surface area contributed by atoms with Gasteiger partial charge >= 0.3 is 0 Å². The van der Waals surface area contributed by atoms with Crippen LogP contribution in [0.2, 0.25) is 0 Å². The number of hydrazine groups is 1. The van der Waals surface area contributed by atoms with Crippen molar-refractivity contribution < 1.29 is 4.79 Å². The molecule has 2 unspecified atom stereocenters. The predicted octanol–water partition coefficient (Wildman–Crippen LogP) is 0.911. The molecule has 0 saturated carbocycles. The van der Waals surface area contributed by atoms with Crippen LogP contribution in [-0.4, -0.2) is 48.0 Å². The van der Waals surface area contributed by atoms with E-state index in [2.05, 4.69) is 35.0 Å². The van der Waals surface area contributed by atoms with Crippen LogP contribution >= 0.6 is 0 Å². The maximum absolute atomic E-state index is 12.0. The van der Waals surface area contributed by atoms with Crippen molar-refractivity contribution in [2.24, 2.45) is 5.92 Å². The molecule has 1 fully saturated rings. The van der Waals surface area contributed by atoms with E-state index >= 15 is 0 Å². The van der Waals surface area contributed by atoms with Crippen LogP contribution < -0.4 is 16.2 Å². The highest BCUT2D eigenvalue weighted by Gasteiger charge is 2.28. The standard InChI is InChI=1S/C17H29N5O/c1-13-16(14(2)21-20-13)8-6-10-19-17(23)12-22(3)11-15-7-4-5-9-18-15/h4-5,7,9,13-14,16,20-21H,6,8,10-12H2,1-3H3,(H,19,23). The Labute approximate surface area is 139 Å². The van der Waals surface area contributed by atoms with E-state index < -0.39 is 0 Å². The number of aromatic nitrogens is 1. The summed E-state index contributed by atoms with van der Waals surface area (Å²) in [4.78, 5) is 18.2. The molecule has 1 aliphatic rings. The molecule has 0 bridgehead atoms. The number of likely N-dealkylation sites (N-methyl/N-ethyl adjacent to an activating group) is 1. The van der Waals surface area contributed by atoms with Crippen LogP contribution in [0.15, 0.2) is 24.4 Å². The molecule has 2 rings (SSSR count). The number of hydrogen-bond acceptors (Lipinski definition) is 5. The summed E-state index contributed by atoms with van der Waals surface area (Å²) in [6.45, 7) is 6.23. The minimum atomic E-state index is 0.0761. The highest BCUT2D eigenvalue weighted by atomic mass is 16.2. The molecular weight excluding hydrogens is 290 g/mol. The minimum Gasteiger partial charge on any atom is -0.355 e. The maximum atomic E-state index is 12.0. The van der Waals surface area contributed by atoms with Gasteiger partial charge in [0.15, 0.2) is 0 Å². The largest absolute Gasteiger partial charge is 0.355 e. The molecule has 1 aromatic heterocycles. The maximum Gasteiger partial charge on any atom is 0.234 e. The first-order valence-electron chi connectivity index (χ1n) is 8.42. The number of carbonyl (C=O) groups excluding carboxylic acids is 1. The Morgan fingerprint density at radius 1 is 1.30 bits per heavy atom. The molecule has 3 N–H and O–H groups in total. The highest BCUT2D eigenvalue weighted by molar-refractivity contribution is 5.77. The number of nitrogens with one attached hydrogen (secondary N) is 3. The number of nitrogens with zero attached hydrogens (tertiary/aromatic N) is 2. The summed E-state index contributed by atoms with van der Waals surface area (Å²) in [6, 6.07) is 6.81. The van der Waals surface area contributed by atoms with Crippen molar-refractivity contribution in [3.05, 3.63) is 30.1 Å². The summed E-state index contributed by atoms with van der Waals surface area (Å²) in [5.41, 5.74) is 7.52. The van der Waals surface area contributed by atoms with Crippen molar-refractivity contribution in [2.75, 3.05) is 20.1 Å². The van der Waals surface area contributed by atoms with Crippen LogP contribution in [0.4, 0.5) is 0 Å². The van der Waals surface area contributed by atoms with Gasteiger partial charge in [-0.2, -0.15) is 0 Å². The summed E-state index contributed by atoms with van der Waals surface area (Å²) >= 11 is 0. The molecule has 128 valence electrons. The molecule has 23 heavy (non-hydrogen) atoms. The van der Waals surface area contributed by atoms with Crippen molar-refractivity contribution in [1.29, 1.82) is 0 Å². The molecule has 0 radical (unpaired) electrons. The van der Waals surface area contributed by atoms with Crippen LogP contribution in [0, 0.1) is 5.92 Å². The molecule has 6 heteroatoms. The molecule has 1 aromatic rings. The third-order valence-electron chi connectivity index (χ3n) is 4.43. The number of pyridine rings is 1. The number of carbonyl (C=O) groups is 1. The Balaban J connectivity index is 1.59. The second-order valence-corrected chi connectivity index (χ2v) is 6.52. The third-order valence-corrected chi connectivity index (χ3v) is 4.43. The molecule has 0 aromatic carbocycles. The SMILES string of the molecule is CC1NNC(C)C1CCCNC(=O)CN(C)Cc1ccccn1. The molecule has 6 nitrogen and oxygen atoms in total. The van der Waals surface area contributed by atoms with E-state index in [1.165, 1.54) is 0 Å². The van der Waals surface area contributed by atoms with E-state index in [1.807, 2.05) is 30.1 Å². The van der Waals surface area contributed by atoms with Crippen LogP contribution in [0.1, 0.15) is 32.4 Å². The Morgan fingerprint density at radius 3 is 2.70 bits per heavy atom. The molecule has 2 atom stereocenters. The molecule has 2 heterocycles. The second-order valence-electron chi connectivity index (χ2n) is 6.52. The second kappa shape index (κ2) is 8.96. The van der Waals surface area contributed by atoms with Crippen LogP contribution in [-0.2, 0) is 11.3 Å². The lowest BCUT2D eigenvalue weighted by molar-refractivity contribution is -0.122. The van der Waals surface area contributed by atoms with Gasteiger partial charge in [0.25, 0.3) is 0 Å². The lowest BCUT2D eigenvalue weighted by Crippen LogP contribution is -2.35. The number of amides is 1.